The molecule has 8 heteroatoms. The molecule has 0 unspecified atom stereocenters. The minimum Gasteiger partial charge on any atom is -0.493 e. The summed E-state index contributed by atoms with van der Waals surface area (Å²) in [5.41, 5.74) is 1.76. The van der Waals surface area contributed by atoms with Crippen LogP contribution in [-0.2, 0) is 0 Å². The van der Waals surface area contributed by atoms with Gasteiger partial charge in [0.25, 0.3) is 5.56 Å². The maximum Gasteiger partial charge on any atom is 0.282 e. The van der Waals surface area contributed by atoms with E-state index < -0.39 is 0 Å². The summed E-state index contributed by atoms with van der Waals surface area (Å²) in [5.74, 6) is 3.80. The molecule has 0 radical (unpaired) electrons. The number of rotatable bonds is 6. The van der Waals surface area contributed by atoms with Gasteiger partial charge in [0.2, 0.25) is 0 Å². The van der Waals surface area contributed by atoms with E-state index in [2.05, 4.69) is 42.9 Å². The number of hydrogen-bond donors (Lipinski definition) is 0. The first kappa shape index (κ1) is 22.8. The minimum atomic E-state index is -0.271. The Morgan fingerprint density at radius 3 is 2.58 bits per heavy atom. The molecule has 1 heterocycles. The third kappa shape index (κ3) is 4.56. The molecule has 0 aliphatic rings. The number of halogens is 2. The average molecular weight is 567 g/mol. The summed E-state index contributed by atoms with van der Waals surface area (Å²) < 4.78 is 13.6. The monoisotopic (exact) mass is 565 g/mol. The van der Waals surface area contributed by atoms with Gasteiger partial charge in [0.15, 0.2) is 17.3 Å². The third-order valence-corrected chi connectivity index (χ3v) is 6.92. The summed E-state index contributed by atoms with van der Waals surface area (Å²) >= 11 is 7.07. The van der Waals surface area contributed by atoms with E-state index in [1.807, 2.05) is 42.5 Å². The molecule has 1 aromatic heterocycles. The molecule has 0 amide bonds. The number of benzene rings is 3. The Bertz CT molecular complexity index is 1460. The Morgan fingerprint density at radius 1 is 1.12 bits per heavy atom. The summed E-state index contributed by atoms with van der Waals surface area (Å²) in [7, 11) is 1.53. The van der Waals surface area contributed by atoms with Crippen LogP contribution in [0.1, 0.15) is 5.56 Å². The number of ether oxygens (including phenoxy) is 2. The van der Waals surface area contributed by atoms with Gasteiger partial charge >= 0.3 is 0 Å². The van der Waals surface area contributed by atoms with Gasteiger partial charge in [0, 0.05) is 15.6 Å². The van der Waals surface area contributed by atoms with Crippen molar-refractivity contribution in [2.24, 2.45) is 5.10 Å². The Balaban J connectivity index is 1.88. The molecule has 4 rings (SSSR count). The number of fused-ring (bicyclic) bond motifs is 1. The van der Waals surface area contributed by atoms with E-state index in [0.717, 1.165) is 5.56 Å². The van der Waals surface area contributed by atoms with E-state index in [-0.39, 0.29) is 12.2 Å². The lowest BCUT2D eigenvalue weighted by atomic mass is 10.2. The van der Waals surface area contributed by atoms with Crippen molar-refractivity contribution in [2.45, 2.75) is 0 Å². The predicted molar refractivity (Wildman–Crippen MR) is 137 cm³/mol. The van der Waals surface area contributed by atoms with Crippen molar-refractivity contribution in [3.8, 4) is 35.2 Å². The summed E-state index contributed by atoms with van der Waals surface area (Å²) in [6.45, 7) is 0.0907. The van der Waals surface area contributed by atoms with Crippen molar-refractivity contribution in [1.82, 2.24) is 9.66 Å². The molecule has 0 fully saturated rings. The third-order valence-electron chi connectivity index (χ3n) is 4.77. The SMILES string of the molecule is C#CCOc1c(OC)cc(C=Nn2c(-c3ccccc3)nc3ccccc3c2=O)c(Br)c1Br. The van der Waals surface area contributed by atoms with E-state index in [9.17, 15) is 4.79 Å². The Labute approximate surface area is 207 Å². The molecule has 0 bridgehead atoms. The molecule has 0 aliphatic heterocycles. The number of hydrogen-bond acceptors (Lipinski definition) is 5. The molecule has 0 spiro atoms. The maximum absolute atomic E-state index is 13.3. The normalized spacial score (nSPS) is 11.0. The molecule has 0 atom stereocenters. The predicted octanol–water partition coefficient (Wildman–Crippen LogP) is 5.49. The van der Waals surface area contributed by atoms with Gasteiger partial charge in [0.1, 0.15) is 6.61 Å². The Kier molecular flexibility index (Phi) is 6.92. The zero-order chi connectivity index (χ0) is 23.4. The van der Waals surface area contributed by atoms with Gasteiger partial charge in [0.05, 0.1) is 28.7 Å². The van der Waals surface area contributed by atoms with Crippen LogP contribution in [0.25, 0.3) is 22.3 Å². The number of para-hydroxylation sites is 1. The second-order valence-electron chi connectivity index (χ2n) is 6.80. The van der Waals surface area contributed by atoms with Crippen molar-refractivity contribution in [3.63, 3.8) is 0 Å². The molecule has 3 aromatic carbocycles. The smallest absolute Gasteiger partial charge is 0.282 e. The van der Waals surface area contributed by atoms with E-state index in [1.54, 1.807) is 24.4 Å². The van der Waals surface area contributed by atoms with Gasteiger partial charge in [-0.3, -0.25) is 4.79 Å². The second kappa shape index (κ2) is 10.0. The highest BCUT2D eigenvalue weighted by atomic mass is 79.9. The van der Waals surface area contributed by atoms with Crippen LogP contribution in [0.5, 0.6) is 11.5 Å². The lowest BCUT2D eigenvalue weighted by Gasteiger charge is -2.14. The topological polar surface area (TPSA) is 65.7 Å². The molecule has 164 valence electrons. The first-order valence-electron chi connectivity index (χ1n) is 9.79. The molecule has 4 aromatic rings. The van der Waals surface area contributed by atoms with Gasteiger partial charge in [-0.05, 0) is 50.1 Å². The van der Waals surface area contributed by atoms with Crippen LogP contribution in [0.4, 0.5) is 0 Å². The zero-order valence-electron chi connectivity index (χ0n) is 17.5. The maximum atomic E-state index is 13.3. The van der Waals surface area contributed by atoms with Crippen LogP contribution in [0, 0.1) is 12.3 Å². The molecule has 6 nitrogen and oxygen atoms in total. The molecule has 33 heavy (non-hydrogen) atoms. The van der Waals surface area contributed by atoms with Gasteiger partial charge in [-0.1, -0.05) is 48.4 Å². The van der Waals surface area contributed by atoms with E-state index in [0.29, 0.717) is 42.7 Å². The molecule has 0 saturated heterocycles. The molecule has 0 aliphatic carbocycles. The lowest BCUT2D eigenvalue weighted by Crippen LogP contribution is -2.20. The molecular weight excluding hydrogens is 550 g/mol. The van der Waals surface area contributed by atoms with Gasteiger partial charge in [-0.25, -0.2) is 4.98 Å². The van der Waals surface area contributed by atoms with Crippen molar-refractivity contribution in [2.75, 3.05) is 13.7 Å². The molecule has 0 N–H and O–H groups in total. The quantitative estimate of drug-likeness (QED) is 0.229. The van der Waals surface area contributed by atoms with E-state index >= 15 is 0 Å². The van der Waals surface area contributed by atoms with Crippen LogP contribution in [0.3, 0.4) is 0 Å². The average Bonchev–Trinajstić information content (AvgIpc) is 2.85. The van der Waals surface area contributed by atoms with Gasteiger partial charge in [-0.2, -0.15) is 9.78 Å². The summed E-state index contributed by atoms with van der Waals surface area (Å²) in [6, 6.07) is 18.4. The summed E-state index contributed by atoms with van der Waals surface area (Å²) in [5, 5.41) is 4.99. The number of aromatic nitrogens is 2. The first-order valence-corrected chi connectivity index (χ1v) is 11.4. The largest absolute Gasteiger partial charge is 0.493 e. The van der Waals surface area contributed by atoms with Gasteiger partial charge in [-0.15, -0.1) is 6.42 Å². The number of nitrogens with zero attached hydrogens (tertiary/aromatic N) is 3. The summed E-state index contributed by atoms with van der Waals surface area (Å²) in [6.07, 6.45) is 6.87. The second-order valence-corrected chi connectivity index (χ2v) is 8.38. The van der Waals surface area contributed by atoms with Crippen LogP contribution < -0.4 is 15.0 Å². The highest BCUT2D eigenvalue weighted by molar-refractivity contribution is 9.13. The summed E-state index contributed by atoms with van der Waals surface area (Å²) in [4.78, 5) is 18.0. The Morgan fingerprint density at radius 2 is 1.85 bits per heavy atom. The standard InChI is InChI=1S/C25H17Br2N3O3/c1-3-13-33-23-20(32-2)14-17(21(26)22(23)27)15-28-30-24(16-9-5-4-6-10-16)29-19-12-8-7-11-18(19)25(30)31/h1,4-12,14-15H,13H2,2H3. The van der Waals surface area contributed by atoms with Crippen molar-refractivity contribution in [1.29, 1.82) is 0 Å². The van der Waals surface area contributed by atoms with Crippen molar-refractivity contribution in [3.05, 3.63) is 85.5 Å². The van der Waals surface area contributed by atoms with Crippen LogP contribution in [0.15, 0.2) is 79.5 Å². The van der Waals surface area contributed by atoms with Gasteiger partial charge < -0.3 is 9.47 Å². The highest BCUT2D eigenvalue weighted by Crippen LogP contribution is 2.42. The van der Waals surface area contributed by atoms with E-state index in [4.69, 9.17) is 20.9 Å². The fourth-order valence-corrected chi connectivity index (χ4v) is 4.16. The van der Waals surface area contributed by atoms with Crippen molar-refractivity contribution < 1.29 is 9.47 Å². The van der Waals surface area contributed by atoms with Crippen molar-refractivity contribution >= 4 is 49.0 Å². The van der Waals surface area contributed by atoms with E-state index in [1.165, 1.54) is 11.8 Å². The number of terminal acetylenes is 1. The highest BCUT2D eigenvalue weighted by Gasteiger charge is 2.17. The molecule has 0 saturated carbocycles. The minimum absolute atomic E-state index is 0.0907. The van der Waals surface area contributed by atoms with Crippen LogP contribution in [-0.4, -0.2) is 29.6 Å². The van der Waals surface area contributed by atoms with Crippen LogP contribution >= 0.6 is 31.9 Å². The fraction of sp³-hybridized carbons (Fsp3) is 0.0800. The number of methoxy groups -OCH3 is 1. The molecular formula is C25H17Br2N3O3. The Hall–Kier alpha value is -3.41. The first-order chi connectivity index (χ1) is 16.0. The van der Waals surface area contributed by atoms with Crippen LogP contribution in [0.2, 0.25) is 0 Å². The zero-order valence-corrected chi connectivity index (χ0v) is 20.6. The fourth-order valence-electron chi connectivity index (χ4n) is 3.22. The lowest BCUT2D eigenvalue weighted by molar-refractivity contribution is 0.328.